The quantitative estimate of drug-likeness (QED) is 0.636. The van der Waals surface area contributed by atoms with Gasteiger partial charge in [-0.15, -0.1) is 0 Å². The molecule has 0 heterocycles. The smallest absolute Gasteiger partial charge is 0.0661 e. The van der Waals surface area contributed by atoms with Crippen LogP contribution in [-0.4, -0.2) is 23.2 Å². The summed E-state index contributed by atoms with van der Waals surface area (Å²) in [5.41, 5.74) is 0.0485. The van der Waals surface area contributed by atoms with E-state index in [4.69, 9.17) is 4.74 Å². The van der Waals surface area contributed by atoms with Crippen LogP contribution in [0.1, 0.15) is 53.9 Å². The summed E-state index contributed by atoms with van der Waals surface area (Å²) in [6.07, 6.45) is 3.44. The van der Waals surface area contributed by atoms with Crippen molar-refractivity contribution >= 4 is 11.8 Å². The summed E-state index contributed by atoms with van der Waals surface area (Å²) in [5, 5.41) is 0. The van der Waals surface area contributed by atoms with Gasteiger partial charge in [-0.05, 0) is 31.9 Å². The number of ether oxygens (including phenoxy) is 1. The number of thioether (sulfide) groups is 1. The summed E-state index contributed by atoms with van der Waals surface area (Å²) in [6.45, 7) is 11.3. The summed E-state index contributed by atoms with van der Waals surface area (Å²) in [7, 11) is 1.83. The molecule has 0 saturated carbocycles. The van der Waals surface area contributed by atoms with Gasteiger partial charge in [-0.1, -0.05) is 27.7 Å². The van der Waals surface area contributed by atoms with Gasteiger partial charge in [-0.2, -0.15) is 11.8 Å². The van der Waals surface area contributed by atoms with Crippen LogP contribution in [0.3, 0.4) is 0 Å². The molecule has 0 rings (SSSR count). The van der Waals surface area contributed by atoms with E-state index in [1.807, 2.05) is 7.11 Å². The van der Waals surface area contributed by atoms with E-state index >= 15 is 0 Å². The molecular formula is C12H26OS. The van der Waals surface area contributed by atoms with E-state index in [1.165, 1.54) is 12.2 Å². The molecule has 86 valence electrons. The Morgan fingerprint density at radius 3 is 1.93 bits per heavy atom. The van der Waals surface area contributed by atoms with Crippen molar-refractivity contribution in [2.24, 2.45) is 0 Å². The highest BCUT2D eigenvalue weighted by Gasteiger charge is 2.33. The lowest BCUT2D eigenvalue weighted by Crippen LogP contribution is -2.36. The molecule has 0 aliphatic heterocycles. The van der Waals surface area contributed by atoms with Gasteiger partial charge in [-0.3, -0.25) is 0 Å². The van der Waals surface area contributed by atoms with E-state index in [-0.39, 0.29) is 5.60 Å². The van der Waals surface area contributed by atoms with Crippen molar-refractivity contribution in [1.82, 2.24) is 0 Å². The molecule has 0 aliphatic carbocycles. The highest BCUT2D eigenvalue weighted by atomic mass is 32.2. The lowest BCUT2D eigenvalue weighted by atomic mass is 9.88. The number of methoxy groups -OCH3 is 1. The Morgan fingerprint density at radius 1 is 1.07 bits per heavy atom. The molecule has 1 unspecified atom stereocenters. The van der Waals surface area contributed by atoms with Crippen LogP contribution < -0.4 is 0 Å². The van der Waals surface area contributed by atoms with Gasteiger partial charge in [0.15, 0.2) is 0 Å². The second-order valence-electron chi connectivity index (χ2n) is 4.42. The van der Waals surface area contributed by atoms with Crippen LogP contribution in [0.15, 0.2) is 0 Å². The van der Waals surface area contributed by atoms with Crippen LogP contribution in [0.2, 0.25) is 0 Å². The Kier molecular flexibility index (Phi) is 6.15. The first-order chi connectivity index (χ1) is 6.45. The molecule has 14 heavy (non-hydrogen) atoms. The SMILES string of the molecule is CCS[C@](C)(CC)CC(C)(CC)OC. The molecule has 0 bridgehead atoms. The van der Waals surface area contributed by atoms with E-state index in [2.05, 4.69) is 46.4 Å². The molecule has 0 N–H and O–H groups in total. The van der Waals surface area contributed by atoms with Gasteiger partial charge < -0.3 is 4.74 Å². The van der Waals surface area contributed by atoms with Crippen molar-refractivity contribution in [3.8, 4) is 0 Å². The molecule has 0 spiro atoms. The number of rotatable bonds is 7. The van der Waals surface area contributed by atoms with E-state index in [1.54, 1.807) is 0 Å². The van der Waals surface area contributed by atoms with Crippen LogP contribution >= 0.6 is 11.8 Å². The molecule has 0 aliphatic rings. The van der Waals surface area contributed by atoms with Gasteiger partial charge in [0.2, 0.25) is 0 Å². The van der Waals surface area contributed by atoms with Crippen LogP contribution in [0.25, 0.3) is 0 Å². The number of hydrogen-bond donors (Lipinski definition) is 0. The lowest BCUT2D eigenvalue weighted by Gasteiger charge is -2.37. The minimum absolute atomic E-state index is 0.0485. The molecule has 2 atom stereocenters. The zero-order valence-electron chi connectivity index (χ0n) is 10.6. The van der Waals surface area contributed by atoms with E-state index in [0.29, 0.717) is 4.75 Å². The highest BCUT2D eigenvalue weighted by Crippen LogP contribution is 2.38. The third-order valence-electron chi connectivity index (χ3n) is 3.23. The van der Waals surface area contributed by atoms with Crippen LogP contribution in [0, 0.1) is 0 Å². The zero-order valence-corrected chi connectivity index (χ0v) is 11.5. The highest BCUT2D eigenvalue weighted by molar-refractivity contribution is 8.00. The Bertz CT molecular complexity index is 154. The van der Waals surface area contributed by atoms with Gasteiger partial charge in [0.25, 0.3) is 0 Å². The number of hydrogen-bond acceptors (Lipinski definition) is 2. The van der Waals surface area contributed by atoms with E-state index in [0.717, 1.165) is 12.8 Å². The maximum Gasteiger partial charge on any atom is 0.0661 e. The fraction of sp³-hybridized carbons (Fsp3) is 1.00. The van der Waals surface area contributed by atoms with Crippen molar-refractivity contribution in [3.63, 3.8) is 0 Å². The van der Waals surface area contributed by atoms with Crippen molar-refractivity contribution in [2.75, 3.05) is 12.9 Å². The van der Waals surface area contributed by atoms with Crippen LogP contribution in [0.4, 0.5) is 0 Å². The van der Waals surface area contributed by atoms with Crippen LogP contribution in [0.5, 0.6) is 0 Å². The van der Waals surface area contributed by atoms with E-state index in [9.17, 15) is 0 Å². The molecule has 0 radical (unpaired) electrons. The summed E-state index contributed by atoms with van der Waals surface area (Å²) in [4.78, 5) is 0. The van der Waals surface area contributed by atoms with Crippen molar-refractivity contribution in [3.05, 3.63) is 0 Å². The maximum absolute atomic E-state index is 5.62. The molecule has 0 saturated heterocycles. The largest absolute Gasteiger partial charge is 0.378 e. The Morgan fingerprint density at radius 2 is 1.64 bits per heavy atom. The van der Waals surface area contributed by atoms with E-state index < -0.39 is 0 Å². The average Bonchev–Trinajstić information content (AvgIpc) is 2.18. The second-order valence-corrected chi connectivity index (χ2v) is 6.27. The fourth-order valence-electron chi connectivity index (χ4n) is 1.76. The second kappa shape index (κ2) is 6.02. The third kappa shape index (κ3) is 4.22. The minimum Gasteiger partial charge on any atom is -0.378 e. The monoisotopic (exact) mass is 218 g/mol. The normalized spacial score (nSPS) is 20.1. The molecule has 0 aromatic heterocycles. The molecule has 0 aromatic carbocycles. The Balaban J connectivity index is 4.41. The minimum atomic E-state index is 0.0485. The van der Waals surface area contributed by atoms with Gasteiger partial charge in [0.1, 0.15) is 0 Å². The van der Waals surface area contributed by atoms with Gasteiger partial charge in [-0.25, -0.2) is 0 Å². The molecule has 0 aromatic rings. The van der Waals surface area contributed by atoms with Gasteiger partial charge in [0, 0.05) is 11.9 Å². The first kappa shape index (κ1) is 14.3. The van der Waals surface area contributed by atoms with Crippen LogP contribution in [-0.2, 0) is 4.74 Å². The first-order valence-electron chi connectivity index (χ1n) is 5.64. The molecule has 2 heteroatoms. The Labute approximate surface area is 94.0 Å². The standard InChI is InChI=1S/C12H26OS/c1-7-11(4,13-6)10-12(5,8-2)14-9-3/h7-10H2,1-6H3/t11?,12-/m1/s1. The van der Waals surface area contributed by atoms with Gasteiger partial charge >= 0.3 is 0 Å². The van der Waals surface area contributed by atoms with Gasteiger partial charge in [0.05, 0.1) is 5.60 Å². The summed E-state index contributed by atoms with van der Waals surface area (Å²) >= 11 is 2.06. The molecule has 0 amide bonds. The lowest BCUT2D eigenvalue weighted by molar-refractivity contribution is -0.0115. The molecule has 1 nitrogen and oxygen atoms in total. The topological polar surface area (TPSA) is 9.23 Å². The van der Waals surface area contributed by atoms with Crippen molar-refractivity contribution in [2.45, 2.75) is 64.2 Å². The average molecular weight is 218 g/mol. The maximum atomic E-state index is 5.62. The van der Waals surface area contributed by atoms with Crippen molar-refractivity contribution in [1.29, 1.82) is 0 Å². The first-order valence-corrected chi connectivity index (χ1v) is 6.63. The zero-order chi connectivity index (χ0) is 11.2. The third-order valence-corrected chi connectivity index (χ3v) is 4.65. The fourth-order valence-corrected chi connectivity index (χ4v) is 3.07. The predicted molar refractivity (Wildman–Crippen MR) is 67.2 cm³/mol. The predicted octanol–water partition coefficient (Wildman–Crippen LogP) is 4.11. The van der Waals surface area contributed by atoms with Crippen molar-refractivity contribution < 1.29 is 4.74 Å². The Hall–Kier alpha value is 0.310. The summed E-state index contributed by atoms with van der Waals surface area (Å²) in [6, 6.07) is 0. The summed E-state index contributed by atoms with van der Waals surface area (Å²) < 4.78 is 5.99. The molecule has 0 fully saturated rings. The summed E-state index contributed by atoms with van der Waals surface area (Å²) in [5.74, 6) is 1.19. The molecular weight excluding hydrogens is 192 g/mol.